The topological polar surface area (TPSA) is 78.1 Å². The van der Waals surface area contributed by atoms with Gasteiger partial charge in [-0.05, 0) is 18.6 Å². The van der Waals surface area contributed by atoms with Gasteiger partial charge in [-0.15, -0.1) is 0 Å². The van der Waals surface area contributed by atoms with Crippen LogP contribution in [0, 0.1) is 6.92 Å². The molecule has 62 valence electrons. The number of benzene rings is 1. The molecule has 0 aliphatic carbocycles. The minimum Gasteiger partial charge on any atom is -0.424 e. The molecular weight excluding hydrogens is 154 g/mol. The number of oxazole rings is 1. The molecule has 0 fully saturated rings. The van der Waals surface area contributed by atoms with E-state index in [1.165, 1.54) is 0 Å². The standard InChI is InChI=1S/C8H9N3O/c1-4-2-6-7(3-5(4)9)12-8(10)11-6/h2-3H,9H2,1H3,(H2,10,11). The third-order valence-electron chi connectivity index (χ3n) is 1.79. The Bertz CT molecular complexity index is 394. The quantitative estimate of drug-likeness (QED) is 0.574. The van der Waals surface area contributed by atoms with Crippen LogP contribution in [-0.4, -0.2) is 4.98 Å². The maximum absolute atomic E-state index is 5.67. The molecule has 4 heteroatoms. The third-order valence-corrected chi connectivity index (χ3v) is 1.79. The van der Waals surface area contributed by atoms with Gasteiger partial charge >= 0.3 is 0 Å². The average molecular weight is 163 g/mol. The number of aryl methyl sites for hydroxylation is 1. The van der Waals surface area contributed by atoms with Gasteiger partial charge in [-0.1, -0.05) is 0 Å². The van der Waals surface area contributed by atoms with E-state index in [1.807, 2.05) is 13.0 Å². The molecule has 4 N–H and O–H groups in total. The summed E-state index contributed by atoms with van der Waals surface area (Å²) < 4.78 is 5.09. The number of rotatable bonds is 0. The molecule has 0 amide bonds. The van der Waals surface area contributed by atoms with E-state index in [4.69, 9.17) is 15.9 Å². The van der Waals surface area contributed by atoms with Gasteiger partial charge in [0, 0.05) is 11.8 Å². The molecule has 2 rings (SSSR count). The Kier molecular flexibility index (Phi) is 1.24. The summed E-state index contributed by atoms with van der Waals surface area (Å²) >= 11 is 0. The van der Waals surface area contributed by atoms with Crippen molar-refractivity contribution in [3.05, 3.63) is 17.7 Å². The maximum Gasteiger partial charge on any atom is 0.292 e. The van der Waals surface area contributed by atoms with Gasteiger partial charge < -0.3 is 15.9 Å². The van der Waals surface area contributed by atoms with Gasteiger partial charge in [-0.25, -0.2) is 0 Å². The number of hydrogen-bond acceptors (Lipinski definition) is 4. The zero-order chi connectivity index (χ0) is 8.72. The summed E-state index contributed by atoms with van der Waals surface area (Å²) in [6.07, 6.45) is 0. The number of anilines is 2. The van der Waals surface area contributed by atoms with Crippen LogP contribution in [-0.2, 0) is 0 Å². The smallest absolute Gasteiger partial charge is 0.292 e. The Balaban J connectivity index is 2.83. The molecule has 0 spiro atoms. The zero-order valence-corrected chi connectivity index (χ0v) is 6.66. The normalized spacial score (nSPS) is 10.8. The predicted octanol–water partition coefficient (Wildman–Crippen LogP) is 1.30. The molecule has 1 aromatic carbocycles. The molecule has 0 aliphatic rings. The van der Waals surface area contributed by atoms with Crippen LogP contribution in [0.25, 0.3) is 11.1 Å². The summed E-state index contributed by atoms with van der Waals surface area (Å²) in [5.74, 6) is 0. The van der Waals surface area contributed by atoms with E-state index in [2.05, 4.69) is 4.98 Å². The SMILES string of the molecule is Cc1cc2nc(N)oc2cc1N. The molecule has 0 unspecified atom stereocenters. The first kappa shape index (κ1) is 6.97. The van der Waals surface area contributed by atoms with Gasteiger partial charge in [-0.2, -0.15) is 4.98 Å². The van der Waals surface area contributed by atoms with E-state index < -0.39 is 0 Å². The second kappa shape index (κ2) is 2.14. The minimum atomic E-state index is 0.176. The molecule has 4 nitrogen and oxygen atoms in total. The van der Waals surface area contributed by atoms with Crippen LogP contribution >= 0.6 is 0 Å². The molecular formula is C8H9N3O. The molecule has 2 aromatic rings. The number of aromatic nitrogens is 1. The van der Waals surface area contributed by atoms with Gasteiger partial charge in [0.05, 0.1) is 0 Å². The summed E-state index contributed by atoms with van der Waals surface area (Å²) in [7, 11) is 0. The second-order valence-electron chi connectivity index (χ2n) is 2.73. The van der Waals surface area contributed by atoms with E-state index in [0.29, 0.717) is 11.3 Å². The predicted molar refractivity (Wildman–Crippen MR) is 47.6 cm³/mol. The first-order chi connectivity index (χ1) is 5.66. The maximum atomic E-state index is 5.67. The summed E-state index contributed by atoms with van der Waals surface area (Å²) in [6.45, 7) is 1.92. The van der Waals surface area contributed by atoms with Crippen molar-refractivity contribution < 1.29 is 4.42 Å². The highest BCUT2D eigenvalue weighted by Gasteiger charge is 2.04. The Morgan fingerprint density at radius 2 is 2.08 bits per heavy atom. The zero-order valence-electron chi connectivity index (χ0n) is 6.66. The number of hydrogen-bond donors (Lipinski definition) is 2. The molecule has 0 saturated carbocycles. The van der Waals surface area contributed by atoms with E-state index >= 15 is 0 Å². The molecule has 0 saturated heterocycles. The van der Waals surface area contributed by atoms with Crippen molar-refractivity contribution in [2.24, 2.45) is 0 Å². The van der Waals surface area contributed by atoms with Crippen molar-refractivity contribution in [2.75, 3.05) is 11.5 Å². The van der Waals surface area contributed by atoms with Gasteiger partial charge in [0.1, 0.15) is 5.52 Å². The Labute approximate surface area is 69.2 Å². The Morgan fingerprint density at radius 1 is 1.33 bits per heavy atom. The molecule has 1 heterocycles. The monoisotopic (exact) mass is 163 g/mol. The van der Waals surface area contributed by atoms with E-state index in [0.717, 1.165) is 11.1 Å². The molecule has 0 radical (unpaired) electrons. The van der Waals surface area contributed by atoms with Crippen LogP contribution in [0.3, 0.4) is 0 Å². The second-order valence-corrected chi connectivity index (χ2v) is 2.73. The Hall–Kier alpha value is -1.71. The summed E-state index contributed by atoms with van der Waals surface area (Å²) in [5, 5.41) is 0. The van der Waals surface area contributed by atoms with Crippen LogP contribution in [0.4, 0.5) is 11.7 Å². The third kappa shape index (κ3) is 0.887. The molecule has 0 atom stereocenters. The highest BCUT2D eigenvalue weighted by atomic mass is 16.4. The van der Waals surface area contributed by atoms with Gasteiger partial charge in [0.2, 0.25) is 0 Å². The molecule has 12 heavy (non-hydrogen) atoms. The lowest BCUT2D eigenvalue weighted by atomic mass is 10.2. The van der Waals surface area contributed by atoms with E-state index in [-0.39, 0.29) is 6.01 Å². The number of nitrogen functional groups attached to an aromatic ring is 2. The van der Waals surface area contributed by atoms with Crippen molar-refractivity contribution in [2.45, 2.75) is 6.92 Å². The average Bonchev–Trinajstić information content (AvgIpc) is 2.30. The van der Waals surface area contributed by atoms with Crippen molar-refractivity contribution in [1.82, 2.24) is 4.98 Å². The Morgan fingerprint density at radius 3 is 2.83 bits per heavy atom. The molecule has 1 aromatic heterocycles. The fourth-order valence-corrected chi connectivity index (χ4v) is 1.11. The van der Waals surface area contributed by atoms with Crippen molar-refractivity contribution >= 4 is 22.8 Å². The van der Waals surface area contributed by atoms with Crippen LogP contribution in [0.2, 0.25) is 0 Å². The van der Waals surface area contributed by atoms with Crippen LogP contribution in [0.15, 0.2) is 16.5 Å². The fraction of sp³-hybridized carbons (Fsp3) is 0.125. The summed E-state index contributed by atoms with van der Waals surface area (Å²) in [6, 6.07) is 3.76. The fourth-order valence-electron chi connectivity index (χ4n) is 1.11. The lowest BCUT2D eigenvalue weighted by Crippen LogP contribution is -1.87. The number of nitrogens with two attached hydrogens (primary N) is 2. The number of fused-ring (bicyclic) bond motifs is 1. The summed E-state index contributed by atoms with van der Waals surface area (Å²) in [5.41, 5.74) is 14.1. The van der Waals surface area contributed by atoms with E-state index in [9.17, 15) is 0 Å². The summed E-state index contributed by atoms with van der Waals surface area (Å²) in [4.78, 5) is 3.97. The molecule has 0 bridgehead atoms. The first-order valence-corrected chi connectivity index (χ1v) is 3.59. The van der Waals surface area contributed by atoms with E-state index in [1.54, 1.807) is 6.07 Å². The molecule has 0 aliphatic heterocycles. The minimum absolute atomic E-state index is 0.176. The number of nitrogens with zero attached hydrogens (tertiary/aromatic N) is 1. The highest BCUT2D eigenvalue weighted by Crippen LogP contribution is 2.22. The lowest BCUT2D eigenvalue weighted by Gasteiger charge is -1.96. The largest absolute Gasteiger partial charge is 0.424 e. The van der Waals surface area contributed by atoms with Gasteiger partial charge in [0.15, 0.2) is 5.58 Å². The van der Waals surface area contributed by atoms with Gasteiger partial charge in [-0.3, -0.25) is 0 Å². The van der Waals surface area contributed by atoms with Crippen LogP contribution < -0.4 is 11.5 Å². The lowest BCUT2D eigenvalue weighted by molar-refractivity contribution is 0.626. The van der Waals surface area contributed by atoms with Crippen LogP contribution in [0.5, 0.6) is 0 Å². The first-order valence-electron chi connectivity index (χ1n) is 3.59. The van der Waals surface area contributed by atoms with Gasteiger partial charge in [0.25, 0.3) is 6.01 Å². The van der Waals surface area contributed by atoms with Crippen molar-refractivity contribution in [3.63, 3.8) is 0 Å². The van der Waals surface area contributed by atoms with Crippen molar-refractivity contribution in [1.29, 1.82) is 0 Å². The highest BCUT2D eigenvalue weighted by molar-refractivity contribution is 5.79. The van der Waals surface area contributed by atoms with Crippen LogP contribution in [0.1, 0.15) is 5.56 Å². The van der Waals surface area contributed by atoms with Crippen molar-refractivity contribution in [3.8, 4) is 0 Å².